The van der Waals surface area contributed by atoms with Gasteiger partial charge in [-0.3, -0.25) is 14.5 Å². The van der Waals surface area contributed by atoms with Crippen LogP contribution in [-0.4, -0.2) is 58.9 Å². The maximum atomic E-state index is 13.3. The molecule has 3 atom stereocenters. The van der Waals surface area contributed by atoms with E-state index in [0.29, 0.717) is 29.5 Å². The van der Waals surface area contributed by atoms with Gasteiger partial charge in [-0.2, -0.15) is 0 Å². The van der Waals surface area contributed by atoms with Crippen LogP contribution in [0, 0.1) is 11.8 Å². The highest BCUT2D eigenvalue weighted by Gasteiger charge is 2.45. The van der Waals surface area contributed by atoms with Crippen molar-refractivity contribution in [1.29, 1.82) is 0 Å². The van der Waals surface area contributed by atoms with Gasteiger partial charge in [-0.25, -0.2) is 0 Å². The molecule has 6 nitrogen and oxygen atoms in total. The van der Waals surface area contributed by atoms with Crippen LogP contribution in [0.3, 0.4) is 0 Å². The van der Waals surface area contributed by atoms with Crippen molar-refractivity contribution in [3.63, 3.8) is 0 Å². The summed E-state index contributed by atoms with van der Waals surface area (Å²) in [4.78, 5) is 32.6. The van der Waals surface area contributed by atoms with Gasteiger partial charge in [0.2, 0.25) is 11.8 Å². The standard InChI is InChI=1S/C26H29ClN4O2S/c27-22-9-5-4-6-19(22)17-31-25(33)21-11-10-18(16-23(21)28-26(31)34)24(32)30-14-12-29(13-15-30)20-7-2-1-3-8-20/h1-9,18,21,23H,10-17H2,(H,28,34). The van der Waals surface area contributed by atoms with E-state index in [0.717, 1.165) is 38.2 Å². The van der Waals surface area contributed by atoms with Crippen molar-refractivity contribution in [2.45, 2.75) is 31.8 Å². The van der Waals surface area contributed by atoms with Crippen molar-refractivity contribution < 1.29 is 9.59 Å². The lowest BCUT2D eigenvalue weighted by Gasteiger charge is -2.45. The SMILES string of the molecule is O=C(C1CCC2C(=O)N(Cc3ccccc3Cl)C(=S)NC2C1)N1CCN(c2ccccc2)CC1. The van der Waals surface area contributed by atoms with Gasteiger partial charge in [0.05, 0.1) is 12.5 Å². The molecule has 2 aromatic carbocycles. The molecule has 3 fully saturated rings. The molecule has 0 spiro atoms. The minimum Gasteiger partial charge on any atom is -0.368 e. The molecule has 1 aliphatic carbocycles. The van der Waals surface area contributed by atoms with Crippen molar-refractivity contribution >= 4 is 46.4 Å². The number of benzene rings is 2. The monoisotopic (exact) mass is 496 g/mol. The number of fused-ring (bicyclic) bond motifs is 1. The Labute approximate surface area is 210 Å². The first-order valence-electron chi connectivity index (χ1n) is 12.0. The summed E-state index contributed by atoms with van der Waals surface area (Å²) in [6.07, 6.45) is 2.08. The van der Waals surface area contributed by atoms with Crippen LogP contribution in [-0.2, 0) is 16.1 Å². The molecule has 0 aromatic heterocycles. The van der Waals surface area contributed by atoms with Crippen LogP contribution in [0.5, 0.6) is 0 Å². The summed E-state index contributed by atoms with van der Waals surface area (Å²) in [5, 5.41) is 4.42. The Hall–Kier alpha value is -2.64. The molecule has 0 bridgehead atoms. The molecule has 178 valence electrons. The lowest BCUT2D eigenvalue weighted by molar-refractivity contribution is -0.142. The molecule has 8 heteroatoms. The van der Waals surface area contributed by atoms with Crippen molar-refractivity contribution in [2.75, 3.05) is 31.1 Å². The van der Waals surface area contributed by atoms with E-state index in [1.165, 1.54) is 5.69 Å². The summed E-state index contributed by atoms with van der Waals surface area (Å²) in [6.45, 7) is 3.50. The summed E-state index contributed by atoms with van der Waals surface area (Å²) < 4.78 is 0. The number of nitrogens with one attached hydrogen (secondary N) is 1. The third-order valence-electron chi connectivity index (χ3n) is 7.34. The van der Waals surface area contributed by atoms with E-state index in [1.54, 1.807) is 4.90 Å². The van der Waals surface area contributed by atoms with Gasteiger partial charge < -0.3 is 15.1 Å². The van der Waals surface area contributed by atoms with E-state index in [4.69, 9.17) is 23.8 Å². The largest absolute Gasteiger partial charge is 0.368 e. The molecule has 1 N–H and O–H groups in total. The van der Waals surface area contributed by atoms with E-state index in [9.17, 15) is 9.59 Å². The molecule has 2 aliphatic heterocycles. The highest BCUT2D eigenvalue weighted by atomic mass is 35.5. The Morgan fingerprint density at radius 2 is 1.71 bits per heavy atom. The normalized spacial score (nSPS) is 25.1. The summed E-state index contributed by atoms with van der Waals surface area (Å²) in [5.41, 5.74) is 2.08. The minimum atomic E-state index is -0.159. The van der Waals surface area contributed by atoms with Gasteiger partial charge in [0, 0.05) is 48.8 Å². The molecular formula is C26H29ClN4O2S. The molecule has 1 saturated carbocycles. The molecule has 2 saturated heterocycles. The number of rotatable bonds is 4. The lowest BCUT2D eigenvalue weighted by atomic mass is 9.76. The molecule has 2 aromatic rings. The Morgan fingerprint density at radius 1 is 1.00 bits per heavy atom. The van der Waals surface area contributed by atoms with Gasteiger partial charge in [-0.15, -0.1) is 0 Å². The highest BCUT2D eigenvalue weighted by Crippen LogP contribution is 2.35. The number of anilines is 1. The van der Waals surface area contributed by atoms with Crippen LogP contribution in [0.25, 0.3) is 0 Å². The summed E-state index contributed by atoms with van der Waals surface area (Å²) in [5.74, 6) is 0.0248. The molecule has 0 radical (unpaired) electrons. The number of carbonyl (C=O) groups excluding carboxylic acids is 2. The van der Waals surface area contributed by atoms with Crippen molar-refractivity contribution in [3.8, 4) is 0 Å². The van der Waals surface area contributed by atoms with Crippen molar-refractivity contribution in [2.24, 2.45) is 11.8 Å². The summed E-state index contributed by atoms with van der Waals surface area (Å²) in [7, 11) is 0. The zero-order chi connectivity index (χ0) is 23.7. The van der Waals surface area contributed by atoms with Crippen LogP contribution >= 0.6 is 23.8 Å². The van der Waals surface area contributed by atoms with E-state index in [1.807, 2.05) is 47.4 Å². The van der Waals surface area contributed by atoms with E-state index < -0.39 is 0 Å². The highest BCUT2D eigenvalue weighted by molar-refractivity contribution is 7.80. The Balaban J connectivity index is 1.18. The Morgan fingerprint density at radius 3 is 2.44 bits per heavy atom. The first kappa shape index (κ1) is 23.1. The molecule has 5 rings (SSSR count). The molecule has 34 heavy (non-hydrogen) atoms. The maximum Gasteiger partial charge on any atom is 0.234 e. The number of para-hydroxylation sites is 1. The summed E-state index contributed by atoms with van der Waals surface area (Å²) >= 11 is 11.9. The van der Waals surface area contributed by atoms with E-state index in [2.05, 4.69) is 22.3 Å². The van der Waals surface area contributed by atoms with Crippen LogP contribution < -0.4 is 10.2 Å². The van der Waals surface area contributed by atoms with Gasteiger partial charge in [0.25, 0.3) is 0 Å². The quantitative estimate of drug-likeness (QED) is 0.654. The smallest absolute Gasteiger partial charge is 0.234 e. The second-order valence-corrected chi connectivity index (χ2v) is 10.1. The van der Waals surface area contributed by atoms with Gasteiger partial charge >= 0.3 is 0 Å². The zero-order valence-electron chi connectivity index (χ0n) is 19.0. The number of carbonyl (C=O) groups is 2. The average molecular weight is 497 g/mol. The number of amides is 2. The minimum absolute atomic E-state index is 0.0380. The van der Waals surface area contributed by atoms with Crippen molar-refractivity contribution in [3.05, 3.63) is 65.2 Å². The predicted molar refractivity (Wildman–Crippen MR) is 138 cm³/mol. The van der Waals surface area contributed by atoms with Gasteiger partial charge in [0.1, 0.15) is 0 Å². The molecule has 2 heterocycles. The van der Waals surface area contributed by atoms with Crippen molar-refractivity contribution in [1.82, 2.24) is 15.1 Å². The predicted octanol–water partition coefficient (Wildman–Crippen LogP) is 3.69. The number of halogens is 1. The summed E-state index contributed by atoms with van der Waals surface area (Å²) in [6, 6.07) is 17.8. The molecular weight excluding hydrogens is 468 g/mol. The molecule has 2 amide bonds. The average Bonchev–Trinajstić information content (AvgIpc) is 2.87. The fourth-order valence-corrected chi connectivity index (χ4v) is 5.92. The number of thiocarbonyl (C=S) groups is 1. The van der Waals surface area contributed by atoms with Gasteiger partial charge in [-0.05, 0) is 55.2 Å². The number of nitrogens with zero attached hydrogens (tertiary/aromatic N) is 3. The van der Waals surface area contributed by atoms with E-state index >= 15 is 0 Å². The Kier molecular flexibility index (Phi) is 6.75. The second kappa shape index (κ2) is 9.92. The number of hydrogen-bond donors (Lipinski definition) is 1. The molecule has 3 aliphatic rings. The lowest BCUT2D eigenvalue weighted by Crippen LogP contribution is -2.62. The number of piperazine rings is 1. The number of hydrogen-bond acceptors (Lipinski definition) is 4. The van der Waals surface area contributed by atoms with Gasteiger partial charge in [-0.1, -0.05) is 48.0 Å². The van der Waals surface area contributed by atoms with E-state index in [-0.39, 0.29) is 29.7 Å². The first-order chi connectivity index (χ1) is 16.5. The second-order valence-electron chi connectivity index (χ2n) is 9.34. The fraction of sp³-hybridized carbons (Fsp3) is 0.423. The van der Waals surface area contributed by atoms with Crippen LogP contribution in [0.15, 0.2) is 54.6 Å². The third kappa shape index (κ3) is 4.64. The first-order valence-corrected chi connectivity index (χ1v) is 12.7. The fourth-order valence-electron chi connectivity index (χ4n) is 5.42. The Bertz CT molecular complexity index is 1070. The van der Waals surface area contributed by atoms with Crippen LogP contribution in [0.4, 0.5) is 5.69 Å². The van der Waals surface area contributed by atoms with Gasteiger partial charge in [0.15, 0.2) is 5.11 Å². The zero-order valence-corrected chi connectivity index (χ0v) is 20.6. The van der Waals surface area contributed by atoms with Crippen LogP contribution in [0.1, 0.15) is 24.8 Å². The maximum absolute atomic E-state index is 13.3. The topological polar surface area (TPSA) is 55.9 Å². The molecule has 3 unspecified atom stereocenters. The third-order valence-corrected chi connectivity index (χ3v) is 8.04. The van der Waals surface area contributed by atoms with Crippen LogP contribution in [0.2, 0.25) is 5.02 Å².